The summed E-state index contributed by atoms with van der Waals surface area (Å²) in [6.07, 6.45) is -0.368. The Balaban J connectivity index is 1.77. The second-order valence-corrected chi connectivity index (χ2v) is 8.12. The lowest BCUT2D eigenvalue weighted by Crippen LogP contribution is -2.39. The molecule has 1 aliphatic heterocycles. The Hall–Kier alpha value is -1.61. The van der Waals surface area contributed by atoms with Crippen LogP contribution >= 0.6 is 15.9 Å². The molecule has 0 aromatic heterocycles. The van der Waals surface area contributed by atoms with Crippen molar-refractivity contribution in [1.29, 1.82) is 5.26 Å². The molecule has 2 atom stereocenters. The predicted molar refractivity (Wildman–Crippen MR) is 86.2 cm³/mol. The van der Waals surface area contributed by atoms with Crippen molar-refractivity contribution in [2.45, 2.75) is 31.8 Å². The average Bonchev–Trinajstić information content (AvgIpc) is 2.81. The minimum atomic E-state index is -0.816. The van der Waals surface area contributed by atoms with Crippen molar-refractivity contribution in [2.75, 3.05) is 13.1 Å². The number of benzene rings is 1. The first kappa shape index (κ1) is 16.3. The van der Waals surface area contributed by atoms with Crippen LogP contribution in [-0.2, 0) is 10.2 Å². The van der Waals surface area contributed by atoms with Crippen molar-refractivity contribution in [1.82, 2.24) is 4.90 Å². The van der Waals surface area contributed by atoms with Gasteiger partial charge in [-0.25, -0.2) is 9.18 Å². The Morgan fingerprint density at radius 2 is 2.04 bits per heavy atom. The van der Waals surface area contributed by atoms with Crippen LogP contribution in [0.15, 0.2) is 22.7 Å². The standard InChI is InChI=1S/C17H18BrFN2O2/c1-16(2,3)23-15(22)21-7-12-13(8-21)17(12,9-20)11-5-4-10(18)6-14(11)19/h4-6,12-13H,7-8H2,1-3H3. The number of likely N-dealkylation sites (tertiary alicyclic amines) is 1. The molecule has 0 radical (unpaired) electrons. The van der Waals surface area contributed by atoms with E-state index in [1.807, 2.05) is 20.8 Å². The van der Waals surface area contributed by atoms with Crippen LogP contribution < -0.4 is 0 Å². The number of piperidine rings is 1. The van der Waals surface area contributed by atoms with E-state index in [9.17, 15) is 14.4 Å². The van der Waals surface area contributed by atoms with Gasteiger partial charge in [-0.05, 0) is 32.9 Å². The molecule has 2 unspecified atom stereocenters. The third kappa shape index (κ3) is 2.61. The average molecular weight is 381 g/mol. The maximum Gasteiger partial charge on any atom is 0.410 e. The lowest BCUT2D eigenvalue weighted by atomic mass is 9.91. The van der Waals surface area contributed by atoms with Crippen molar-refractivity contribution in [3.8, 4) is 6.07 Å². The number of fused-ring (bicyclic) bond motifs is 1. The topological polar surface area (TPSA) is 53.3 Å². The fourth-order valence-electron chi connectivity index (χ4n) is 3.56. The highest BCUT2D eigenvalue weighted by Gasteiger charge is 2.71. The highest BCUT2D eigenvalue weighted by atomic mass is 79.9. The van der Waals surface area contributed by atoms with E-state index in [2.05, 4.69) is 22.0 Å². The van der Waals surface area contributed by atoms with Crippen molar-refractivity contribution >= 4 is 22.0 Å². The molecule has 122 valence electrons. The SMILES string of the molecule is CC(C)(C)OC(=O)N1CC2C(C1)C2(C#N)c1ccc(Br)cc1F. The molecule has 6 heteroatoms. The van der Waals surface area contributed by atoms with Gasteiger partial charge in [-0.2, -0.15) is 5.26 Å². The molecular formula is C17H18BrFN2O2. The Bertz CT molecular complexity index is 696. The van der Waals surface area contributed by atoms with Crippen LogP contribution in [0.5, 0.6) is 0 Å². The summed E-state index contributed by atoms with van der Waals surface area (Å²) in [4.78, 5) is 13.7. The summed E-state index contributed by atoms with van der Waals surface area (Å²) in [6, 6.07) is 7.10. The van der Waals surface area contributed by atoms with Gasteiger partial charge in [-0.15, -0.1) is 0 Å². The number of hydrogen-bond donors (Lipinski definition) is 0. The Kier molecular flexibility index (Phi) is 3.68. The summed E-state index contributed by atoms with van der Waals surface area (Å²) in [5, 5.41) is 9.66. The highest BCUT2D eigenvalue weighted by molar-refractivity contribution is 9.10. The van der Waals surface area contributed by atoms with E-state index in [0.717, 1.165) is 0 Å². The van der Waals surface area contributed by atoms with E-state index in [-0.39, 0.29) is 23.7 Å². The molecule has 0 bridgehead atoms. The molecule has 1 amide bonds. The first-order chi connectivity index (χ1) is 10.7. The molecule has 4 nitrogen and oxygen atoms in total. The largest absolute Gasteiger partial charge is 0.444 e. The van der Waals surface area contributed by atoms with E-state index < -0.39 is 11.0 Å². The van der Waals surface area contributed by atoms with Gasteiger partial charge in [0, 0.05) is 35.0 Å². The van der Waals surface area contributed by atoms with Gasteiger partial charge < -0.3 is 9.64 Å². The van der Waals surface area contributed by atoms with Gasteiger partial charge in [0.05, 0.1) is 11.5 Å². The van der Waals surface area contributed by atoms with Crippen LogP contribution in [0.1, 0.15) is 26.3 Å². The smallest absolute Gasteiger partial charge is 0.410 e. The zero-order valence-corrected chi connectivity index (χ0v) is 14.9. The molecule has 1 aliphatic carbocycles. The number of nitrogens with zero attached hydrogens (tertiary/aromatic N) is 2. The molecule has 0 N–H and O–H groups in total. The third-order valence-corrected chi connectivity index (χ3v) is 5.09. The number of rotatable bonds is 1. The second kappa shape index (κ2) is 5.20. The summed E-state index contributed by atoms with van der Waals surface area (Å²) in [6.45, 7) is 6.32. The summed E-state index contributed by atoms with van der Waals surface area (Å²) in [7, 11) is 0. The first-order valence-electron chi connectivity index (χ1n) is 7.54. The zero-order valence-electron chi connectivity index (χ0n) is 13.3. The van der Waals surface area contributed by atoms with Crippen molar-refractivity contribution < 1.29 is 13.9 Å². The van der Waals surface area contributed by atoms with Crippen LogP contribution in [0.2, 0.25) is 0 Å². The van der Waals surface area contributed by atoms with Crippen molar-refractivity contribution in [3.05, 3.63) is 34.1 Å². The van der Waals surface area contributed by atoms with E-state index in [1.54, 1.807) is 17.0 Å². The minimum Gasteiger partial charge on any atom is -0.444 e. The molecule has 0 spiro atoms. The molecular weight excluding hydrogens is 363 g/mol. The maximum atomic E-state index is 14.3. The van der Waals surface area contributed by atoms with E-state index in [1.165, 1.54) is 6.07 Å². The van der Waals surface area contributed by atoms with Gasteiger partial charge in [0.25, 0.3) is 0 Å². The number of hydrogen-bond acceptors (Lipinski definition) is 3. The molecule has 1 saturated carbocycles. The van der Waals surface area contributed by atoms with E-state index >= 15 is 0 Å². The van der Waals surface area contributed by atoms with Gasteiger partial charge in [0.1, 0.15) is 11.4 Å². The van der Waals surface area contributed by atoms with Gasteiger partial charge in [-0.1, -0.05) is 22.0 Å². The van der Waals surface area contributed by atoms with Crippen LogP contribution in [0.25, 0.3) is 0 Å². The van der Waals surface area contributed by atoms with E-state index in [4.69, 9.17) is 4.74 Å². The quantitative estimate of drug-likeness (QED) is 0.743. The van der Waals surface area contributed by atoms with Crippen molar-refractivity contribution in [2.24, 2.45) is 11.8 Å². The molecule has 1 aromatic rings. The molecule has 3 rings (SSSR count). The number of ether oxygens (including phenoxy) is 1. The highest BCUT2D eigenvalue weighted by Crippen LogP contribution is 2.63. The fraction of sp³-hybridized carbons (Fsp3) is 0.529. The predicted octanol–water partition coefficient (Wildman–Crippen LogP) is 3.85. The lowest BCUT2D eigenvalue weighted by molar-refractivity contribution is 0.0266. The Morgan fingerprint density at radius 3 is 2.52 bits per heavy atom. The number of carbonyl (C=O) groups is 1. The number of carbonyl (C=O) groups excluding carboxylic acids is 1. The molecule has 2 fully saturated rings. The van der Waals surface area contributed by atoms with Crippen LogP contribution in [0.3, 0.4) is 0 Å². The summed E-state index contributed by atoms with van der Waals surface area (Å²) in [5.74, 6) is -0.439. The van der Waals surface area contributed by atoms with Gasteiger partial charge in [0.2, 0.25) is 0 Å². The summed E-state index contributed by atoms with van der Waals surface area (Å²) in [5.41, 5.74) is -0.931. The summed E-state index contributed by atoms with van der Waals surface area (Å²) < 4.78 is 20.3. The Labute approximate surface area is 143 Å². The van der Waals surface area contributed by atoms with E-state index in [0.29, 0.717) is 23.1 Å². The van der Waals surface area contributed by atoms with Crippen LogP contribution in [0.4, 0.5) is 9.18 Å². The molecule has 23 heavy (non-hydrogen) atoms. The first-order valence-corrected chi connectivity index (χ1v) is 8.33. The van der Waals surface area contributed by atoms with Gasteiger partial charge >= 0.3 is 6.09 Å². The Morgan fingerprint density at radius 1 is 1.43 bits per heavy atom. The fourth-order valence-corrected chi connectivity index (χ4v) is 3.89. The normalized spacial score (nSPS) is 29.0. The molecule has 2 aliphatic rings. The zero-order chi connectivity index (χ0) is 17.0. The third-order valence-electron chi connectivity index (χ3n) is 4.59. The van der Waals surface area contributed by atoms with Crippen LogP contribution in [-0.4, -0.2) is 29.7 Å². The van der Waals surface area contributed by atoms with Crippen LogP contribution in [0, 0.1) is 29.0 Å². The molecule has 1 heterocycles. The molecule has 1 aromatic carbocycles. The second-order valence-electron chi connectivity index (χ2n) is 7.20. The van der Waals surface area contributed by atoms with Crippen molar-refractivity contribution in [3.63, 3.8) is 0 Å². The lowest BCUT2D eigenvalue weighted by Gasteiger charge is -2.27. The van der Waals surface area contributed by atoms with Gasteiger partial charge in [0.15, 0.2) is 0 Å². The number of amides is 1. The minimum absolute atomic E-state index is 0.0318. The molecule has 1 saturated heterocycles. The number of halogens is 2. The monoisotopic (exact) mass is 380 g/mol. The number of nitriles is 1. The summed E-state index contributed by atoms with van der Waals surface area (Å²) >= 11 is 3.23. The van der Waals surface area contributed by atoms with Gasteiger partial charge in [-0.3, -0.25) is 0 Å². The maximum absolute atomic E-state index is 14.3.